The number of alkyl halides is 3. The van der Waals surface area contributed by atoms with Crippen molar-refractivity contribution in [2.75, 3.05) is 0 Å². The lowest BCUT2D eigenvalue weighted by molar-refractivity contribution is -0.274. The van der Waals surface area contributed by atoms with E-state index in [1.165, 1.54) is 18.2 Å². The maximum absolute atomic E-state index is 12.0. The van der Waals surface area contributed by atoms with Crippen LogP contribution in [0.1, 0.15) is 26.3 Å². The van der Waals surface area contributed by atoms with Crippen molar-refractivity contribution in [1.29, 1.82) is 5.26 Å². The Morgan fingerprint density at radius 2 is 1.71 bits per heavy atom. The lowest BCUT2D eigenvalue weighted by atomic mass is 9.86. The first kappa shape index (κ1) is 16.8. The molecule has 0 radical (unpaired) electrons. The molecule has 0 saturated carbocycles. The van der Waals surface area contributed by atoms with E-state index >= 15 is 0 Å². The second-order valence-electron chi connectivity index (χ2n) is 5.37. The minimum absolute atomic E-state index is 0.0491. The zero-order chi connectivity index (χ0) is 16.3. The van der Waals surface area contributed by atoms with E-state index in [4.69, 9.17) is 5.26 Å². The summed E-state index contributed by atoms with van der Waals surface area (Å²) in [4.78, 5) is 12.0. The fourth-order valence-corrected chi connectivity index (χ4v) is 1.48. The van der Waals surface area contributed by atoms with Gasteiger partial charge in [0.05, 0.1) is 5.57 Å². The van der Waals surface area contributed by atoms with Crippen LogP contribution in [0, 0.1) is 16.7 Å². The van der Waals surface area contributed by atoms with Crippen molar-refractivity contribution in [3.05, 3.63) is 35.4 Å². The Kier molecular flexibility index (Phi) is 4.79. The van der Waals surface area contributed by atoms with E-state index in [9.17, 15) is 18.0 Å². The van der Waals surface area contributed by atoms with E-state index in [-0.39, 0.29) is 17.1 Å². The number of carbonyl (C=O) groups excluding carboxylic acids is 1. The smallest absolute Gasteiger partial charge is 0.406 e. The number of carbonyl (C=O) groups is 1. The quantitative estimate of drug-likeness (QED) is 0.623. The van der Waals surface area contributed by atoms with E-state index in [0.29, 0.717) is 5.56 Å². The number of ether oxygens (including phenoxy) is 1. The molecule has 6 heteroatoms. The summed E-state index contributed by atoms with van der Waals surface area (Å²) in [5, 5.41) is 9.02. The first-order chi connectivity index (χ1) is 9.53. The van der Waals surface area contributed by atoms with E-state index in [2.05, 4.69) is 4.74 Å². The van der Waals surface area contributed by atoms with Crippen molar-refractivity contribution in [3.63, 3.8) is 0 Å². The van der Waals surface area contributed by atoms with Crippen LogP contribution in [0.4, 0.5) is 13.2 Å². The van der Waals surface area contributed by atoms with Crippen molar-refractivity contribution >= 4 is 11.9 Å². The number of ketones is 1. The van der Waals surface area contributed by atoms with Crippen molar-refractivity contribution < 1.29 is 22.7 Å². The fraction of sp³-hybridized carbons (Fsp3) is 0.333. The zero-order valence-corrected chi connectivity index (χ0v) is 11.8. The largest absolute Gasteiger partial charge is 0.573 e. The SMILES string of the molecule is CC(C)(C)C(=O)/C(C#N)=C/c1ccc(OC(F)(F)F)cc1. The second kappa shape index (κ2) is 6.00. The molecule has 0 amide bonds. The summed E-state index contributed by atoms with van der Waals surface area (Å²) in [6.07, 6.45) is -3.41. The average Bonchev–Trinajstić information content (AvgIpc) is 2.34. The van der Waals surface area contributed by atoms with Gasteiger partial charge >= 0.3 is 6.36 Å². The van der Waals surface area contributed by atoms with E-state index < -0.39 is 11.8 Å². The van der Waals surface area contributed by atoms with Gasteiger partial charge in [0.25, 0.3) is 0 Å². The molecule has 21 heavy (non-hydrogen) atoms. The topological polar surface area (TPSA) is 50.1 Å². The third-order valence-electron chi connectivity index (χ3n) is 2.47. The van der Waals surface area contributed by atoms with Gasteiger partial charge < -0.3 is 4.74 Å². The number of nitrogens with zero attached hydrogens (tertiary/aromatic N) is 1. The number of allylic oxidation sites excluding steroid dienone is 1. The zero-order valence-electron chi connectivity index (χ0n) is 11.8. The predicted octanol–water partition coefficient (Wildman–Crippen LogP) is 4.11. The minimum atomic E-state index is -4.75. The summed E-state index contributed by atoms with van der Waals surface area (Å²) >= 11 is 0. The van der Waals surface area contributed by atoms with Gasteiger partial charge in [-0.15, -0.1) is 13.2 Å². The van der Waals surface area contributed by atoms with Crippen LogP contribution in [0.15, 0.2) is 29.8 Å². The van der Waals surface area contributed by atoms with Crippen LogP contribution < -0.4 is 4.74 Å². The molecule has 0 unspecified atom stereocenters. The molecular formula is C15H14F3NO2. The first-order valence-electron chi connectivity index (χ1n) is 6.05. The molecule has 3 nitrogen and oxygen atoms in total. The molecule has 0 atom stereocenters. The van der Waals surface area contributed by atoms with E-state index in [1.807, 2.05) is 6.07 Å². The molecule has 0 saturated heterocycles. The van der Waals surface area contributed by atoms with Gasteiger partial charge in [-0.1, -0.05) is 32.9 Å². The van der Waals surface area contributed by atoms with E-state index in [0.717, 1.165) is 12.1 Å². The van der Waals surface area contributed by atoms with Crippen molar-refractivity contribution in [2.24, 2.45) is 5.41 Å². The van der Waals surface area contributed by atoms with Crippen molar-refractivity contribution in [3.8, 4) is 11.8 Å². The number of hydrogen-bond donors (Lipinski definition) is 0. The van der Waals surface area contributed by atoms with Gasteiger partial charge in [-0.2, -0.15) is 5.26 Å². The lowest BCUT2D eigenvalue weighted by Crippen LogP contribution is -2.21. The predicted molar refractivity (Wildman–Crippen MR) is 71.2 cm³/mol. The molecule has 0 aliphatic carbocycles. The van der Waals surface area contributed by atoms with Crippen LogP contribution in [0.3, 0.4) is 0 Å². The Labute approximate surface area is 120 Å². The molecule has 0 fully saturated rings. The number of Topliss-reactive ketones (excluding diaryl/α,β-unsaturated/α-hetero) is 1. The third kappa shape index (κ3) is 5.30. The maximum atomic E-state index is 12.0. The van der Waals surface area contributed by atoms with Crippen LogP contribution in [-0.4, -0.2) is 12.1 Å². The Bertz CT molecular complexity index is 587. The maximum Gasteiger partial charge on any atom is 0.573 e. The molecule has 0 aliphatic heterocycles. The van der Waals surface area contributed by atoms with Gasteiger partial charge in [0, 0.05) is 5.41 Å². The fourth-order valence-electron chi connectivity index (χ4n) is 1.48. The molecule has 112 valence electrons. The van der Waals surface area contributed by atoms with Crippen LogP contribution in [0.5, 0.6) is 5.75 Å². The molecular weight excluding hydrogens is 283 g/mol. The third-order valence-corrected chi connectivity index (χ3v) is 2.47. The highest BCUT2D eigenvalue weighted by atomic mass is 19.4. The normalized spacial score (nSPS) is 12.7. The van der Waals surface area contributed by atoms with Gasteiger partial charge in [0.15, 0.2) is 5.78 Å². The second-order valence-corrected chi connectivity index (χ2v) is 5.37. The number of halogens is 3. The van der Waals surface area contributed by atoms with Crippen LogP contribution >= 0.6 is 0 Å². The van der Waals surface area contributed by atoms with Crippen LogP contribution in [-0.2, 0) is 4.79 Å². The molecule has 1 rings (SSSR count). The number of nitriles is 1. The monoisotopic (exact) mass is 297 g/mol. The molecule has 0 heterocycles. The van der Waals surface area contributed by atoms with Crippen LogP contribution in [0.2, 0.25) is 0 Å². The first-order valence-corrected chi connectivity index (χ1v) is 6.05. The van der Waals surface area contributed by atoms with Gasteiger partial charge in [-0.25, -0.2) is 0 Å². The molecule has 0 aliphatic rings. The highest BCUT2D eigenvalue weighted by Gasteiger charge is 2.31. The average molecular weight is 297 g/mol. The van der Waals surface area contributed by atoms with Gasteiger partial charge in [-0.3, -0.25) is 4.79 Å². The summed E-state index contributed by atoms with van der Waals surface area (Å²) in [7, 11) is 0. The molecule has 0 bridgehead atoms. The highest BCUT2D eigenvalue weighted by molar-refractivity contribution is 6.06. The molecule has 0 aromatic heterocycles. The van der Waals surface area contributed by atoms with E-state index in [1.54, 1.807) is 20.8 Å². The summed E-state index contributed by atoms with van der Waals surface area (Å²) in [5.41, 5.74) is -0.313. The van der Waals surface area contributed by atoms with Gasteiger partial charge in [0.1, 0.15) is 11.8 Å². The van der Waals surface area contributed by atoms with Crippen LogP contribution in [0.25, 0.3) is 6.08 Å². The highest BCUT2D eigenvalue weighted by Crippen LogP contribution is 2.24. The summed E-state index contributed by atoms with van der Waals surface area (Å²) < 4.78 is 39.8. The molecule has 0 spiro atoms. The Balaban J connectivity index is 2.99. The van der Waals surface area contributed by atoms with Gasteiger partial charge in [0.2, 0.25) is 0 Å². The Morgan fingerprint density at radius 3 is 2.10 bits per heavy atom. The summed E-state index contributed by atoms with van der Waals surface area (Å²) in [6, 6.07) is 6.74. The summed E-state index contributed by atoms with van der Waals surface area (Å²) in [5.74, 6) is -0.694. The number of rotatable bonds is 3. The van der Waals surface area contributed by atoms with Crippen molar-refractivity contribution in [1.82, 2.24) is 0 Å². The number of hydrogen-bond acceptors (Lipinski definition) is 3. The molecule has 1 aromatic rings. The molecule has 0 N–H and O–H groups in total. The standard InChI is InChI=1S/C15H14F3NO2/c1-14(2,3)13(20)11(9-19)8-10-4-6-12(7-5-10)21-15(16,17)18/h4-8H,1-3H3/b11-8+. The number of benzene rings is 1. The van der Waals surface area contributed by atoms with Gasteiger partial charge in [-0.05, 0) is 23.8 Å². The lowest BCUT2D eigenvalue weighted by Gasteiger charge is -2.15. The van der Waals surface area contributed by atoms with Crippen molar-refractivity contribution in [2.45, 2.75) is 27.1 Å². The summed E-state index contributed by atoms with van der Waals surface area (Å²) in [6.45, 7) is 5.04. The Hall–Kier alpha value is -2.29. The molecule has 1 aromatic carbocycles. The Morgan fingerprint density at radius 1 is 1.19 bits per heavy atom. The minimum Gasteiger partial charge on any atom is -0.406 e.